The highest BCUT2D eigenvalue weighted by Gasteiger charge is 2.03. The van der Waals surface area contributed by atoms with Gasteiger partial charge in [-0.05, 0) is 48.4 Å². The van der Waals surface area contributed by atoms with E-state index in [1.807, 2.05) is 24.3 Å². The van der Waals surface area contributed by atoms with Gasteiger partial charge in [-0.2, -0.15) is 0 Å². The molecule has 0 aliphatic rings. The summed E-state index contributed by atoms with van der Waals surface area (Å²) in [6.07, 6.45) is 0.809. The van der Waals surface area contributed by atoms with Crippen LogP contribution in [0.3, 0.4) is 0 Å². The molecular weight excluding hydrogens is 309 g/mol. The Labute approximate surface area is 133 Å². The molecule has 2 aromatic carbocycles. The molecule has 0 aromatic heterocycles. The monoisotopic (exact) mass is 323 g/mol. The van der Waals surface area contributed by atoms with Gasteiger partial charge < -0.3 is 10.4 Å². The average Bonchev–Trinajstić information content (AvgIpc) is 2.46. The van der Waals surface area contributed by atoms with Crippen LogP contribution in [0.5, 0.6) is 0 Å². The largest absolute Gasteiger partial charge is 0.478 e. The summed E-state index contributed by atoms with van der Waals surface area (Å²) in [5, 5.41) is 13.4. The molecule has 21 heavy (non-hydrogen) atoms. The summed E-state index contributed by atoms with van der Waals surface area (Å²) < 4.78 is 0. The standard InChI is InChI=1S/C16H15Cl2NO2/c17-14-6-5-12(15(18)9-14)7-8-19-10-11-1-3-13(4-2-11)16(20)21/h1-6,9,19H,7-8,10H2,(H,20,21). The van der Waals surface area contributed by atoms with Gasteiger partial charge in [-0.25, -0.2) is 4.79 Å². The number of carboxylic acids is 1. The van der Waals surface area contributed by atoms with E-state index in [0.717, 1.165) is 24.1 Å². The first-order valence-electron chi connectivity index (χ1n) is 6.53. The Morgan fingerprint density at radius 3 is 2.43 bits per heavy atom. The molecule has 0 atom stereocenters. The number of hydrogen-bond acceptors (Lipinski definition) is 2. The van der Waals surface area contributed by atoms with Gasteiger partial charge in [0.1, 0.15) is 0 Å². The van der Waals surface area contributed by atoms with Gasteiger partial charge in [0, 0.05) is 16.6 Å². The van der Waals surface area contributed by atoms with E-state index < -0.39 is 5.97 Å². The molecule has 110 valence electrons. The third kappa shape index (κ3) is 4.74. The topological polar surface area (TPSA) is 49.3 Å². The first-order chi connectivity index (χ1) is 10.1. The van der Waals surface area contributed by atoms with Crippen molar-refractivity contribution in [3.8, 4) is 0 Å². The summed E-state index contributed by atoms with van der Waals surface area (Å²) in [4.78, 5) is 10.7. The molecular formula is C16H15Cl2NO2. The summed E-state index contributed by atoms with van der Waals surface area (Å²) in [6, 6.07) is 12.3. The molecule has 5 heteroatoms. The maximum absolute atomic E-state index is 10.7. The minimum Gasteiger partial charge on any atom is -0.478 e. The molecule has 0 unspecified atom stereocenters. The van der Waals surface area contributed by atoms with Crippen molar-refractivity contribution in [3.63, 3.8) is 0 Å². The van der Waals surface area contributed by atoms with E-state index in [1.165, 1.54) is 0 Å². The van der Waals surface area contributed by atoms with E-state index in [0.29, 0.717) is 22.2 Å². The van der Waals surface area contributed by atoms with Crippen LogP contribution in [0, 0.1) is 0 Å². The molecule has 0 amide bonds. The lowest BCUT2D eigenvalue weighted by molar-refractivity contribution is 0.0697. The van der Waals surface area contributed by atoms with Crippen LogP contribution in [0.15, 0.2) is 42.5 Å². The van der Waals surface area contributed by atoms with Crippen molar-refractivity contribution < 1.29 is 9.90 Å². The van der Waals surface area contributed by atoms with E-state index in [2.05, 4.69) is 5.32 Å². The fourth-order valence-corrected chi connectivity index (χ4v) is 2.45. The van der Waals surface area contributed by atoms with Gasteiger partial charge in [0.15, 0.2) is 0 Å². The molecule has 2 N–H and O–H groups in total. The molecule has 2 rings (SSSR count). The second-order valence-electron chi connectivity index (χ2n) is 4.66. The third-order valence-corrected chi connectivity index (χ3v) is 3.70. The molecule has 0 spiro atoms. The van der Waals surface area contributed by atoms with Gasteiger partial charge in [-0.15, -0.1) is 0 Å². The number of halogens is 2. The Bertz CT molecular complexity index is 627. The van der Waals surface area contributed by atoms with Crippen LogP contribution in [0.4, 0.5) is 0 Å². The predicted octanol–water partition coefficient (Wildman–Crippen LogP) is 4.02. The SMILES string of the molecule is O=C(O)c1ccc(CNCCc2ccc(Cl)cc2Cl)cc1. The Hall–Kier alpha value is -1.55. The lowest BCUT2D eigenvalue weighted by Crippen LogP contribution is -2.16. The average molecular weight is 324 g/mol. The molecule has 0 radical (unpaired) electrons. The zero-order valence-corrected chi connectivity index (χ0v) is 12.8. The van der Waals surface area contributed by atoms with Crippen LogP contribution in [0.2, 0.25) is 10.0 Å². The molecule has 2 aromatic rings. The van der Waals surface area contributed by atoms with Crippen molar-refractivity contribution in [2.75, 3.05) is 6.54 Å². The first kappa shape index (κ1) is 15.8. The van der Waals surface area contributed by atoms with Crippen molar-refractivity contribution in [2.24, 2.45) is 0 Å². The van der Waals surface area contributed by atoms with Crippen molar-refractivity contribution in [1.29, 1.82) is 0 Å². The Balaban J connectivity index is 1.80. The summed E-state index contributed by atoms with van der Waals surface area (Å²) >= 11 is 12.0. The second-order valence-corrected chi connectivity index (χ2v) is 5.51. The van der Waals surface area contributed by atoms with E-state index in [-0.39, 0.29) is 0 Å². The normalized spacial score (nSPS) is 10.6. The summed E-state index contributed by atoms with van der Waals surface area (Å²) in [7, 11) is 0. The molecule has 3 nitrogen and oxygen atoms in total. The fraction of sp³-hybridized carbons (Fsp3) is 0.188. The van der Waals surface area contributed by atoms with Crippen LogP contribution in [0.1, 0.15) is 21.5 Å². The summed E-state index contributed by atoms with van der Waals surface area (Å²) in [6.45, 7) is 1.47. The van der Waals surface area contributed by atoms with E-state index in [9.17, 15) is 4.79 Å². The van der Waals surface area contributed by atoms with Gasteiger partial charge in [-0.3, -0.25) is 0 Å². The number of aromatic carboxylic acids is 1. The molecule has 0 saturated heterocycles. The molecule has 0 heterocycles. The molecule has 0 saturated carbocycles. The first-order valence-corrected chi connectivity index (χ1v) is 7.29. The number of carbonyl (C=O) groups is 1. The number of rotatable bonds is 6. The van der Waals surface area contributed by atoms with Crippen LogP contribution >= 0.6 is 23.2 Å². The zero-order valence-electron chi connectivity index (χ0n) is 11.3. The minimum absolute atomic E-state index is 0.298. The quantitative estimate of drug-likeness (QED) is 0.789. The van der Waals surface area contributed by atoms with E-state index >= 15 is 0 Å². The maximum atomic E-state index is 10.7. The Morgan fingerprint density at radius 1 is 1.10 bits per heavy atom. The molecule has 0 bridgehead atoms. The minimum atomic E-state index is -0.910. The van der Waals surface area contributed by atoms with Crippen molar-refractivity contribution in [3.05, 3.63) is 69.2 Å². The van der Waals surface area contributed by atoms with Gasteiger partial charge in [-0.1, -0.05) is 41.4 Å². The van der Waals surface area contributed by atoms with Crippen LogP contribution in [-0.2, 0) is 13.0 Å². The lowest BCUT2D eigenvalue weighted by atomic mass is 10.1. The number of benzene rings is 2. The van der Waals surface area contributed by atoms with Crippen LogP contribution < -0.4 is 5.32 Å². The van der Waals surface area contributed by atoms with Crippen LogP contribution in [-0.4, -0.2) is 17.6 Å². The highest BCUT2D eigenvalue weighted by molar-refractivity contribution is 6.35. The predicted molar refractivity (Wildman–Crippen MR) is 85.3 cm³/mol. The van der Waals surface area contributed by atoms with E-state index in [1.54, 1.807) is 18.2 Å². The molecule has 0 aliphatic carbocycles. The maximum Gasteiger partial charge on any atom is 0.335 e. The van der Waals surface area contributed by atoms with E-state index in [4.69, 9.17) is 28.3 Å². The summed E-state index contributed by atoms with van der Waals surface area (Å²) in [5.74, 6) is -0.910. The second kappa shape index (κ2) is 7.46. The smallest absolute Gasteiger partial charge is 0.335 e. The van der Waals surface area contributed by atoms with Gasteiger partial charge in [0.05, 0.1) is 5.56 Å². The Morgan fingerprint density at radius 2 is 1.81 bits per heavy atom. The van der Waals surface area contributed by atoms with Crippen molar-refractivity contribution in [2.45, 2.75) is 13.0 Å². The van der Waals surface area contributed by atoms with Gasteiger partial charge >= 0.3 is 5.97 Å². The highest BCUT2D eigenvalue weighted by atomic mass is 35.5. The lowest BCUT2D eigenvalue weighted by Gasteiger charge is -2.07. The zero-order chi connectivity index (χ0) is 15.2. The molecule has 0 aliphatic heterocycles. The number of hydrogen-bond donors (Lipinski definition) is 2. The van der Waals surface area contributed by atoms with Crippen molar-refractivity contribution >= 4 is 29.2 Å². The Kier molecular flexibility index (Phi) is 5.62. The van der Waals surface area contributed by atoms with Gasteiger partial charge in [0.2, 0.25) is 0 Å². The highest BCUT2D eigenvalue weighted by Crippen LogP contribution is 2.21. The third-order valence-electron chi connectivity index (χ3n) is 3.12. The van der Waals surface area contributed by atoms with Gasteiger partial charge in [0.25, 0.3) is 0 Å². The van der Waals surface area contributed by atoms with Crippen LogP contribution in [0.25, 0.3) is 0 Å². The number of nitrogens with one attached hydrogen (secondary N) is 1. The molecule has 0 fully saturated rings. The van der Waals surface area contributed by atoms with Crippen molar-refractivity contribution in [1.82, 2.24) is 5.32 Å². The fourth-order valence-electron chi connectivity index (χ4n) is 1.95. The number of carboxylic acid groups (broad SMARTS) is 1. The summed E-state index contributed by atoms with van der Waals surface area (Å²) in [5.41, 5.74) is 2.39.